The highest BCUT2D eigenvalue weighted by atomic mass is 32.2. The molecule has 0 saturated carbocycles. The number of thiophene rings is 1. The van der Waals surface area contributed by atoms with Gasteiger partial charge in [-0.3, -0.25) is 9.63 Å². The third kappa shape index (κ3) is 3.20. The Bertz CT molecular complexity index is 582. The fourth-order valence-corrected chi connectivity index (χ4v) is 5.20. The first-order valence-electron chi connectivity index (χ1n) is 6.34. The summed E-state index contributed by atoms with van der Waals surface area (Å²) in [5.41, 5.74) is 2.27. The van der Waals surface area contributed by atoms with Crippen molar-refractivity contribution in [1.29, 1.82) is 0 Å². The second-order valence-electron chi connectivity index (χ2n) is 4.74. The zero-order valence-electron chi connectivity index (χ0n) is 11.5. The van der Waals surface area contributed by atoms with E-state index in [2.05, 4.69) is 10.3 Å². The zero-order valence-corrected chi connectivity index (χ0v) is 13.1. The number of carbonyl (C=O) groups is 1. The number of nitrogens with one attached hydrogen (secondary N) is 1. The van der Waals surface area contributed by atoms with Gasteiger partial charge in [-0.15, -0.1) is 11.3 Å². The Morgan fingerprint density at radius 2 is 2.25 bits per heavy atom. The summed E-state index contributed by atoms with van der Waals surface area (Å²) in [6.45, 7) is 2.53. The van der Waals surface area contributed by atoms with E-state index in [4.69, 9.17) is 0 Å². The van der Waals surface area contributed by atoms with E-state index in [1.54, 1.807) is 12.1 Å². The third-order valence-corrected chi connectivity index (χ3v) is 6.60. The zero-order chi connectivity index (χ0) is 14.8. The van der Waals surface area contributed by atoms with Crippen molar-refractivity contribution in [3.05, 3.63) is 17.0 Å². The second kappa shape index (κ2) is 6.21. The molecule has 1 amide bonds. The molecule has 1 unspecified atom stereocenters. The number of hydroxylamine groups is 1. The van der Waals surface area contributed by atoms with Crippen molar-refractivity contribution in [3.8, 4) is 0 Å². The first kappa shape index (κ1) is 15.4. The van der Waals surface area contributed by atoms with Crippen molar-refractivity contribution in [1.82, 2.24) is 9.79 Å². The molecule has 2 heterocycles. The summed E-state index contributed by atoms with van der Waals surface area (Å²) in [5, 5.41) is 0. The Kier molecular flexibility index (Phi) is 4.79. The Morgan fingerprint density at radius 3 is 2.85 bits per heavy atom. The lowest BCUT2D eigenvalue weighted by atomic mass is 9.99. The normalized spacial score (nSPS) is 20.8. The number of carbonyl (C=O) groups excluding carboxylic acids is 1. The number of rotatable bonds is 4. The van der Waals surface area contributed by atoms with Gasteiger partial charge in [-0.1, -0.05) is 0 Å². The molecule has 1 aliphatic rings. The van der Waals surface area contributed by atoms with E-state index in [1.165, 1.54) is 22.8 Å². The molecule has 1 aromatic heterocycles. The monoisotopic (exact) mass is 318 g/mol. The first-order valence-corrected chi connectivity index (χ1v) is 8.60. The molecule has 1 fully saturated rings. The summed E-state index contributed by atoms with van der Waals surface area (Å²) >= 11 is 1.25. The third-order valence-electron chi connectivity index (χ3n) is 3.27. The van der Waals surface area contributed by atoms with Crippen LogP contribution in [0.1, 0.15) is 17.7 Å². The van der Waals surface area contributed by atoms with Gasteiger partial charge in [0.1, 0.15) is 4.21 Å². The lowest BCUT2D eigenvalue weighted by Crippen LogP contribution is -2.45. The van der Waals surface area contributed by atoms with Gasteiger partial charge in [-0.25, -0.2) is 13.9 Å². The van der Waals surface area contributed by atoms with E-state index in [9.17, 15) is 13.2 Å². The van der Waals surface area contributed by atoms with Crippen molar-refractivity contribution in [2.24, 2.45) is 5.92 Å². The van der Waals surface area contributed by atoms with Crippen LogP contribution in [0, 0.1) is 12.8 Å². The van der Waals surface area contributed by atoms with Crippen LogP contribution in [-0.4, -0.2) is 38.8 Å². The summed E-state index contributed by atoms with van der Waals surface area (Å²) in [6, 6.07) is 3.41. The van der Waals surface area contributed by atoms with Crippen molar-refractivity contribution >= 4 is 27.3 Å². The van der Waals surface area contributed by atoms with Gasteiger partial charge in [-0.05, 0) is 31.9 Å². The van der Waals surface area contributed by atoms with E-state index in [-0.39, 0.29) is 18.4 Å². The average Bonchev–Trinajstić information content (AvgIpc) is 2.86. The van der Waals surface area contributed by atoms with Crippen LogP contribution in [0.2, 0.25) is 0 Å². The number of amides is 1. The van der Waals surface area contributed by atoms with Gasteiger partial charge in [-0.2, -0.15) is 4.31 Å². The second-order valence-corrected chi connectivity index (χ2v) is 8.19. The van der Waals surface area contributed by atoms with Crippen LogP contribution in [0.3, 0.4) is 0 Å². The smallest absolute Gasteiger partial charge is 0.252 e. The van der Waals surface area contributed by atoms with E-state index in [0.29, 0.717) is 23.6 Å². The molecule has 2 rings (SSSR count). The molecule has 1 N–H and O–H groups in total. The largest absolute Gasteiger partial charge is 0.277 e. The maximum atomic E-state index is 12.5. The van der Waals surface area contributed by atoms with Crippen LogP contribution in [-0.2, 0) is 19.7 Å². The summed E-state index contributed by atoms with van der Waals surface area (Å²) in [6.07, 6.45) is 1.34. The molecule has 0 radical (unpaired) electrons. The fraction of sp³-hybridized carbons (Fsp3) is 0.583. The summed E-state index contributed by atoms with van der Waals surface area (Å²) in [7, 11) is -2.13. The average molecular weight is 318 g/mol. The predicted octanol–water partition coefficient (Wildman–Crippen LogP) is 1.13. The van der Waals surface area contributed by atoms with E-state index in [0.717, 1.165) is 4.88 Å². The minimum absolute atomic E-state index is 0.203. The SMILES string of the molecule is CONC(=O)C1CCCN(S(=O)(=O)c2ccc(C)s2)C1. The van der Waals surface area contributed by atoms with Crippen LogP contribution in [0.5, 0.6) is 0 Å². The maximum absolute atomic E-state index is 12.5. The quantitative estimate of drug-likeness (QED) is 0.845. The van der Waals surface area contributed by atoms with Gasteiger partial charge in [0.2, 0.25) is 5.91 Å². The van der Waals surface area contributed by atoms with Crippen LogP contribution < -0.4 is 5.48 Å². The van der Waals surface area contributed by atoms with Crippen LogP contribution in [0.25, 0.3) is 0 Å². The molecule has 0 aliphatic carbocycles. The summed E-state index contributed by atoms with van der Waals surface area (Å²) in [4.78, 5) is 17.3. The predicted molar refractivity (Wildman–Crippen MR) is 75.7 cm³/mol. The Morgan fingerprint density at radius 1 is 1.50 bits per heavy atom. The van der Waals surface area contributed by atoms with Crippen molar-refractivity contribution < 1.29 is 18.0 Å². The van der Waals surface area contributed by atoms with Gasteiger partial charge in [0.25, 0.3) is 10.0 Å². The highest BCUT2D eigenvalue weighted by Gasteiger charge is 2.33. The molecule has 8 heteroatoms. The Balaban J connectivity index is 2.14. The summed E-state index contributed by atoms with van der Waals surface area (Å²) < 4.78 is 26.7. The number of aryl methyl sites for hydroxylation is 1. The number of sulfonamides is 1. The topological polar surface area (TPSA) is 75.7 Å². The van der Waals surface area contributed by atoms with Crippen molar-refractivity contribution in [3.63, 3.8) is 0 Å². The Labute approximate surface area is 122 Å². The molecule has 112 valence electrons. The minimum atomic E-state index is -3.49. The van der Waals surface area contributed by atoms with Crippen LogP contribution in [0.4, 0.5) is 0 Å². The molecule has 20 heavy (non-hydrogen) atoms. The molecule has 6 nitrogen and oxygen atoms in total. The maximum Gasteiger partial charge on any atom is 0.252 e. The first-order chi connectivity index (χ1) is 9.45. The van der Waals surface area contributed by atoms with Gasteiger partial charge < -0.3 is 0 Å². The van der Waals surface area contributed by atoms with Crippen LogP contribution >= 0.6 is 11.3 Å². The Hall–Kier alpha value is -0.960. The number of hydrogen-bond acceptors (Lipinski definition) is 5. The molecule has 0 bridgehead atoms. The van der Waals surface area contributed by atoms with Crippen molar-refractivity contribution in [2.45, 2.75) is 24.0 Å². The highest BCUT2D eigenvalue weighted by Crippen LogP contribution is 2.28. The van der Waals surface area contributed by atoms with Crippen molar-refractivity contribution in [2.75, 3.05) is 20.2 Å². The van der Waals surface area contributed by atoms with E-state index in [1.807, 2.05) is 6.92 Å². The van der Waals surface area contributed by atoms with Crippen LogP contribution in [0.15, 0.2) is 16.3 Å². The molecular weight excluding hydrogens is 300 g/mol. The molecular formula is C12H18N2O4S2. The fourth-order valence-electron chi connectivity index (χ4n) is 2.24. The van der Waals surface area contributed by atoms with E-state index >= 15 is 0 Å². The molecule has 0 spiro atoms. The number of hydrogen-bond donors (Lipinski definition) is 1. The van der Waals surface area contributed by atoms with Gasteiger partial charge in [0, 0.05) is 18.0 Å². The van der Waals surface area contributed by atoms with Gasteiger partial charge in [0.15, 0.2) is 0 Å². The molecule has 1 atom stereocenters. The molecule has 1 aromatic rings. The van der Waals surface area contributed by atoms with E-state index < -0.39 is 10.0 Å². The van der Waals surface area contributed by atoms with Gasteiger partial charge >= 0.3 is 0 Å². The molecule has 0 aromatic carbocycles. The highest BCUT2D eigenvalue weighted by molar-refractivity contribution is 7.91. The number of piperidine rings is 1. The molecule has 1 saturated heterocycles. The molecule has 1 aliphatic heterocycles. The standard InChI is InChI=1S/C12H18N2O4S2/c1-9-5-6-11(19-9)20(16,17)14-7-3-4-10(8-14)12(15)13-18-2/h5-6,10H,3-4,7-8H2,1-2H3,(H,13,15). The summed E-state index contributed by atoms with van der Waals surface area (Å²) in [5.74, 6) is -0.630. The number of nitrogens with zero attached hydrogens (tertiary/aromatic N) is 1. The minimum Gasteiger partial charge on any atom is -0.277 e. The van der Waals surface area contributed by atoms with Gasteiger partial charge in [0.05, 0.1) is 13.0 Å². The lowest BCUT2D eigenvalue weighted by molar-refractivity contribution is -0.136. The lowest BCUT2D eigenvalue weighted by Gasteiger charge is -2.30.